The summed E-state index contributed by atoms with van der Waals surface area (Å²) in [4.78, 5) is 2.27. The van der Waals surface area contributed by atoms with Crippen LogP contribution in [0, 0.1) is 5.92 Å². The van der Waals surface area contributed by atoms with Crippen LogP contribution in [0.4, 0.5) is 0 Å². The van der Waals surface area contributed by atoms with Crippen molar-refractivity contribution in [1.82, 2.24) is 4.90 Å². The highest BCUT2D eigenvalue weighted by Gasteiger charge is 2.04. The minimum Gasteiger partial charge on any atom is -0.378 e. The van der Waals surface area contributed by atoms with Gasteiger partial charge in [0, 0.05) is 19.3 Å². The maximum atomic E-state index is 4.15. The Hall–Kier alpha value is -1.24. The second kappa shape index (κ2) is 6.37. The van der Waals surface area contributed by atoms with E-state index in [0.717, 1.165) is 19.4 Å². The van der Waals surface area contributed by atoms with Crippen molar-refractivity contribution in [3.05, 3.63) is 48.2 Å². The topological polar surface area (TPSA) is 3.24 Å². The van der Waals surface area contributed by atoms with Gasteiger partial charge >= 0.3 is 0 Å². The Morgan fingerprint density at radius 3 is 2.44 bits per heavy atom. The van der Waals surface area contributed by atoms with Crippen LogP contribution in [-0.2, 0) is 6.42 Å². The molecule has 0 fully saturated rings. The molecule has 0 heterocycles. The Labute approximate surface area is 99.8 Å². The first kappa shape index (κ1) is 12.8. The van der Waals surface area contributed by atoms with Crippen molar-refractivity contribution in [1.29, 1.82) is 0 Å². The molecule has 0 aliphatic heterocycles. The van der Waals surface area contributed by atoms with Crippen molar-refractivity contribution in [2.45, 2.75) is 26.7 Å². The monoisotopic (exact) mass is 217 g/mol. The molecular weight excluding hydrogens is 194 g/mol. The van der Waals surface area contributed by atoms with E-state index < -0.39 is 0 Å². The summed E-state index contributed by atoms with van der Waals surface area (Å²) in [5.74, 6) is 0.693. The third-order valence-corrected chi connectivity index (χ3v) is 2.72. The Morgan fingerprint density at radius 1 is 1.25 bits per heavy atom. The summed E-state index contributed by atoms with van der Waals surface area (Å²) in [6.45, 7) is 9.71. The van der Waals surface area contributed by atoms with Gasteiger partial charge in [-0.1, -0.05) is 50.8 Å². The molecule has 0 unspecified atom stereocenters. The molecule has 1 rings (SSSR count). The lowest BCUT2D eigenvalue weighted by atomic mass is 10.1. The Balaban J connectivity index is 2.35. The van der Waals surface area contributed by atoms with E-state index in [1.807, 2.05) is 0 Å². The zero-order valence-electron chi connectivity index (χ0n) is 10.7. The van der Waals surface area contributed by atoms with Crippen LogP contribution in [0.3, 0.4) is 0 Å². The molecule has 88 valence electrons. The summed E-state index contributed by atoms with van der Waals surface area (Å²) < 4.78 is 0. The lowest BCUT2D eigenvalue weighted by Crippen LogP contribution is -2.22. The maximum Gasteiger partial charge on any atom is 0.0194 e. The number of rotatable bonds is 6. The van der Waals surface area contributed by atoms with E-state index in [9.17, 15) is 0 Å². The fraction of sp³-hybridized carbons (Fsp3) is 0.467. The summed E-state index contributed by atoms with van der Waals surface area (Å²) in [7, 11) is 2.13. The summed E-state index contributed by atoms with van der Waals surface area (Å²) in [6.07, 6.45) is 2.13. The third-order valence-electron chi connectivity index (χ3n) is 2.72. The van der Waals surface area contributed by atoms with Crippen LogP contribution in [0.2, 0.25) is 0 Å². The van der Waals surface area contributed by atoms with E-state index in [2.05, 4.69) is 62.7 Å². The van der Waals surface area contributed by atoms with E-state index in [4.69, 9.17) is 0 Å². The number of hydrogen-bond acceptors (Lipinski definition) is 1. The molecule has 1 heteroatoms. The molecule has 0 saturated heterocycles. The minimum absolute atomic E-state index is 0.693. The Kier molecular flexibility index (Phi) is 5.10. The standard InChI is InChI=1S/C15H23N/c1-13(2)12-16(4)14(3)10-11-15-8-6-5-7-9-15/h5-9,13H,3,10-12H2,1-2,4H3. The van der Waals surface area contributed by atoms with Crippen LogP contribution in [0.1, 0.15) is 25.8 Å². The molecular formula is C15H23N. The van der Waals surface area contributed by atoms with Crippen molar-refractivity contribution >= 4 is 0 Å². The largest absolute Gasteiger partial charge is 0.378 e. The van der Waals surface area contributed by atoms with E-state index in [0.29, 0.717) is 5.92 Å². The van der Waals surface area contributed by atoms with E-state index in [-0.39, 0.29) is 0 Å². The molecule has 1 aromatic rings. The molecule has 0 spiro atoms. The van der Waals surface area contributed by atoms with Crippen LogP contribution >= 0.6 is 0 Å². The van der Waals surface area contributed by atoms with Crippen LogP contribution in [0.25, 0.3) is 0 Å². The second-order valence-electron chi connectivity index (χ2n) is 4.83. The van der Waals surface area contributed by atoms with Crippen molar-refractivity contribution in [2.75, 3.05) is 13.6 Å². The third kappa shape index (κ3) is 4.52. The molecule has 1 aromatic carbocycles. The van der Waals surface area contributed by atoms with E-state index in [1.165, 1.54) is 11.3 Å². The summed E-state index contributed by atoms with van der Waals surface area (Å²) >= 11 is 0. The summed E-state index contributed by atoms with van der Waals surface area (Å²) in [5.41, 5.74) is 2.62. The van der Waals surface area contributed by atoms with Gasteiger partial charge in [-0.15, -0.1) is 0 Å². The average Bonchev–Trinajstić information content (AvgIpc) is 2.26. The SMILES string of the molecule is C=C(CCc1ccccc1)N(C)CC(C)C. The van der Waals surface area contributed by atoms with E-state index >= 15 is 0 Å². The Bertz CT molecular complexity index is 313. The maximum absolute atomic E-state index is 4.15. The van der Waals surface area contributed by atoms with Gasteiger partial charge in [0.2, 0.25) is 0 Å². The van der Waals surface area contributed by atoms with Gasteiger partial charge in [-0.3, -0.25) is 0 Å². The van der Waals surface area contributed by atoms with Crippen molar-refractivity contribution in [2.24, 2.45) is 5.92 Å². The average molecular weight is 217 g/mol. The molecule has 0 aromatic heterocycles. The van der Waals surface area contributed by atoms with Gasteiger partial charge in [0.1, 0.15) is 0 Å². The highest BCUT2D eigenvalue weighted by molar-refractivity contribution is 5.15. The molecule has 0 atom stereocenters. The van der Waals surface area contributed by atoms with Gasteiger partial charge in [-0.2, -0.15) is 0 Å². The zero-order valence-corrected chi connectivity index (χ0v) is 10.7. The van der Waals surface area contributed by atoms with Gasteiger partial charge < -0.3 is 4.90 Å². The van der Waals surface area contributed by atoms with Gasteiger partial charge in [0.05, 0.1) is 0 Å². The van der Waals surface area contributed by atoms with Crippen LogP contribution < -0.4 is 0 Å². The van der Waals surface area contributed by atoms with Crippen LogP contribution in [-0.4, -0.2) is 18.5 Å². The first-order valence-electron chi connectivity index (χ1n) is 6.02. The first-order valence-corrected chi connectivity index (χ1v) is 6.02. The van der Waals surface area contributed by atoms with E-state index in [1.54, 1.807) is 0 Å². The van der Waals surface area contributed by atoms with Crippen molar-refractivity contribution in [3.63, 3.8) is 0 Å². The highest BCUT2D eigenvalue weighted by atomic mass is 15.1. The fourth-order valence-electron chi connectivity index (χ4n) is 1.80. The first-order chi connectivity index (χ1) is 7.59. The Morgan fingerprint density at radius 2 is 1.88 bits per heavy atom. The number of hydrogen-bond donors (Lipinski definition) is 0. The number of aryl methyl sites for hydroxylation is 1. The zero-order chi connectivity index (χ0) is 12.0. The highest BCUT2D eigenvalue weighted by Crippen LogP contribution is 2.11. The predicted molar refractivity (Wildman–Crippen MR) is 71.4 cm³/mol. The number of allylic oxidation sites excluding steroid dienone is 1. The summed E-state index contributed by atoms with van der Waals surface area (Å²) in [6, 6.07) is 10.6. The minimum atomic E-state index is 0.693. The van der Waals surface area contributed by atoms with Gasteiger partial charge in [0.25, 0.3) is 0 Å². The molecule has 16 heavy (non-hydrogen) atoms. The van der Waals surface area contributed by atoms with Crippen LogP contribution in [0.15, 0.2) is 42.6 Å². The van der Waals surface area contributed by atoms with Crippen LogP contribution in [0.5, 0.6) is 0 Å². The van der Waals surface area contributed by atoms with Gasteiger partial charge in [0.15, 0.2) is 0 Å². The number of nitrogens with zero attached hydrogens (tertiary/aromatic N) is 1. The normalized spacial score (nSPS) is 10.5. The van der Waals surface area contributed by atoms with Gasteiger partial charge in [-0.05, 0) is 24.3 Å². The molecule has 0 bridgehead atoms. The lowest BCUT2D eigenvalue weighted by molar-refractivity contribution is 0.351. The van der Waals surface area contributed by atoms with Crippen molar-refractivity contribution < 1.29 is 0 Å². The smallest absolute Gasteiger partial charge is 0.0194 e. The fourth-order valence-corrected chi connectivity index (χ4v) is 1.80. The number of benzene rings is 1. The predicted octanol–water partition coefficient (Wildman–Crippen LogP) is 3.72. The second-order valence-corrected chi connectivity index (χ2v) is 4.83. The quantitative estimate of drug-likeness (QED) is 0.702. The van der Waals surface area contributed by atoms with Gasteiger partial charge in [-0.25, -0.2) is 0 Å². The molecule has 0 N–H and O–H groups in total. The van der Waals surface area contributed by atoms with Crippen molar-refractivity contribution in [3.8, 4) is 0 Å². The molecule has 0 saturated carbocycles. The molecule has 0 radical (unpaired) electrons. The molecule has 1 nitrogen and oxygen atoms in total. The molecule has 0 amide bonds. The lowest BCUT2D eigenvalue weighted by Gasteiger charge is -2.23. The molecule has 0 aliphatic rings. The summed E-state index contributed by atoms with van der Waals surface area (Å²) in [5, 5.41) is 0. The molecule has 0 aliphatic carbocycles.